The van der Waals surface area contributed by atoms with E-state index in [1.54, 1.807) is 0 Å². The Balaban J connectivity index is 1.51. The van der Waals surface area contributed by atoms with Gasteiger partial charge in [-0.15, -0.1) is 0 Å². The van der Waals surface area contributed by atoms with E-state index in [-0.39, 0.29) is 12.3 Å². The molecule has 5 heteroatoms. The summed E-state index contributed by atoms with van der Waals surface area (Å²) in [6, 6.07) is 4.04. The van der Waals surface area contributed by atoms with Gasteiger partial charge in [0.2, 0.25) is 5.91 Å². The Morgan fingerprint density at radius 1 is 1.45 bits per heavy atom. The number of aromatic nitrogens is 2. The first-order chi connectivity index (χ1) is 10.6. The summed E-state index contributed by atoms with van der Waals surface area (Å²) in [7, 11) is 0. The van der Waals surface area contributed by atoms with E-state index in [0.717, 1.165) is 42.6 Å². The summed E-state index contributed by atoms with van der Waals surface area (Å²) in [4.78, 5) is 16.5. The number of hydrogen-bond donors (Lipinski definition) is 2. The monoisotopic (exact) mass is 301 g/mol. The van der Waals surface area contributed by atoms with E-state index in [9.17, 15) is 9.90 Å². The number of hydrogen-bond acceptors (Lipinski definition) is 3. The van der Waals surface area contributed by atoms with Crippen molar-refractivity contribution in [3.05, 3.63) is 35.8 Å². The predicted molar refractivity (Wildman–Crippen MR) is 84.7 cm³/mol. The standard InChI is InChI=1S/C17H23N3O2/c1-13-5-4-10-20-12-14(19-16(13)20)6-9-18-15(21)11-17(22)7-2-3-8-17/h4-5,10,12,22H,2-3,6-9,11H2,1H3,(H,18,21). The van der Waals surface area contributed by atoms with Crippen molar-refractivity contribution in [3.63, 3.8) is 0 Å². The maximum Gasteiger partial charge on any atom is 0.222 e. The zero-order valence-electron chi connectivity index (χ0n) is 13.0. The van der Waals surface area contributed by atoms with Crippen molar-refractivity contribution in [1.29, 1.82) is 0 Å². The minimum atomic E-state index is -0.774. The molecule has 2 aromatic heterocycles. The molecule has 2 N–H and O–H groups in total. The highest BCUT2D eigenvalue weighted by atomic mass is 16.3. The number of pyridine rings is 1. The van der Waals surface area contributed by atoms with Crippen LogP contribution in [0.1, 0.15) is 43.4 Å². The number of carbonyl (C=O) groups is 1. The van der Waals surface area contributed by atoms with Crippen LogP contribution >= 0.6 is 0 Å². The lowest BCUT2D eigenvalue weighted by Crippen LogP contribution is -2.35. The molecule has 0 aromatic carbocycles. The van der Waals surface area contributed by atoms with Crippen LogP contribution in [0.3, 0.4) is 0 Å². The van der Waals surface area contributed by atoms with Gasteiger partial charge >= 0.3 is 0 Å². The first kappa shape index (κ1) is 15.0. The van der Waals surface area contributed by atoms with Gasteiger partial charge in [0.25, 0.3) is 0 Å². The second-order valence-corrected chi connectivity index (χ2v) is 6.36. The first-order valence-electron chi connectivity index (χ1n) is 7.98. The molecule has 0 bridgehead atoms. The average Bonchev–Trinajstić information content (AvgIpc) is 3.06. The Morgan fingerprint density at radius 3 is 2.95 bits per heavy atom. The number of fused-ring (bicyclic) bond motifs is 1. The second kappa shape index (κ2) is 6.08. The van der Waals surface area contributed by atoms with Crippen LogP contribution in [0.15, 0.2) is 24.5 Å². The third-order valence-corrected chi connectivity index (χ3v) is 4.45. The van der Waals surface area contributed by atoms with Gasteiger partial charge in [-0.25, -0.2) is 4.98 Å². The molecule has 0 saturated heterocycles. The molecule has 0 radical (unpaired) electrons. The van der Waals surface area contributed by atoms with E-state index in [4.69, 9.17) is 0 Å². The fraction of sp³-hybridized carbons (Fsp3) is 0.529. The van der Waals surface area contributed by atoms with Crippen LogP contribution in [0.25, 0.3) is 5.65 Å². The Bertz CT molecular complexity index is 672. The Labute approximate surface area is 130 Å². The third kappa shape index (κ3) is 3.30. The van der Waals surface area contributed by atoms with Crippen molar-refractivity contribution in [2.24, 2.45) is 0 Å². The minimum Gasteiger partial charge on any atom is -0.389 e. The molecule has 1 aliphatic carbocycles. The molecule has 1 fully saturated rings. The number of aryl methyl sites for hydroxylation is 1. The summed E-state index contributed by atoms with van der Waals surface area (Å²) in [6.45, 7) is 2.59. The average molecular weight is 301 g/mol. The molecule has 1 aliphatic rings. The molecule has 22 heavy (non-hydrogen) atoms. The van der Waals surface area contributed by atoms with Crippen molar-refractivity contribution in [3.8, 4) is 0 Å². The number of nitrogens with zero attached hydrogens (tertiary/aromatic N) is 2. The Morgan fingerprint density at radius 2 is 2.23 bits per heavy atom. The topological polar surface area (TPSA) is 66.6 Å². The van der Waals surface area contributed by atoms with Gasteiger partial charge in [-0.05, 0) is 31.4 Å². The second-order valence-electron chi connectivity index (χ2n) is 6.36. The van der Waals surface area contributed by atoms with Crippen LogP contribution in [-0.2, 0) is 11.2 Å². The van der Waals surface area contributed by atoms with Crippen molar-refractivity contribution in [2.45, 2.75) is 51.0 Å². The number of rotatable bonds is 5. The van der Waals surface area contributed by atoms with E-state index in [1.807, 2.05) is 35.9 Å². The van der Waals surface area contributed by atoms with E-state index in [0.29, 0.717) is 13.0 Å². The molecule has 0 unspecified atom stereocenters. The van der Waals surface area contributed by atoms with E-state index >= 15 is 0 Å². The summed E-state index contributed by atoms with van der Waals surface area (Å²) in [5, 5.41) is 13.1. The molecule has 2 aromatic rings. The fourth-order valence-corrected chi connectivity index (χ4v) is 3.23. The van der Waals surface area contributed by atoms with Crippen molar-refractivity contribution >= 4 is 11.6 Å². The zero-order valence-corrected chi connectivity index (χ0v) is 13.0. The summed E-state index contributed by atoms with van der Waals surface area (Å²) in [5.74, 6) is -0.0654. The summed E-state index contributed by atoms with van der Waals surface area (Å²) in [5.41, 5.74) is 2.30. The molecule has 0 spiro atoms. The fourth-order valence-electron chi connectivity index (χ4n) is 3.23. The number of aliphatic hydroxyl groups is 1. The van der Waals surface area contributed by atoms with Crippen LogP contribution in [-0.4, -0.2) is 32.5 Å². The van der Waals surface area contributed by atoms with Crippen LogP contribution < -0.4 is 5.32 Å². The van der Waals surface area contributed by atoms with Crippen LogP contribution in [0.4, 0.5) is 0 Å². The number of amides is 1. The van der Waals surface area contributed by atoms with Gasteiger partial charge in [0.1, 0.15) is 5.65 Å². The molecule has 2 heterocycles. The highest BCUT2D eigenvalue weighted by Gasteiger charge is 2.33. The molecule has 1 saturated carbocycles. The normalized spacial score (nSPS) is 17.0. The van der Waals surface area contributed by atoms with Crippen molar-refractivity contribution in [1.82, 2.24) is 14.7 Å². The minimum absolute atomic E-state index is 0.0654. The summed E-state index contributed by atoms with van der Waals surface area (Å²) < 4.78 is 2.01. The largest absolute Gasteiger partial charge is 0.389 e. The highest BCUT2D eigenvalue weighted by Crippen LogP contribution is 2.32. The third-order valence-electron chi connectivity index (χ3n) is 4.45. The lowest BCUT2D eigenvalue weighted by atomic mass is 9.98. The first-order valence-corrected chi connectivity index (χ1v) is 7.98. The maximum atomic E-state index is 11.9. The van der Waals surface area contributed by atoms with Crippen LogP contribution in [0.2, 0.25) is 0 Å². The predicted octanol–water partition coefficient (Wildman–Crippen LogP) is 2.00. The zero-order chi connectivity index (χ0) is 15.6. The van der Waals surface area contributed by atoms with E-state index in [2.05, 4.69) is 10.3 Å². The molecule has 3 rings (SSSR count). The summed E-state index contributed by atoms with van der Waals surface area (Å²) in [6.07, 6.45) is 8.42. The molecule has 118 valence electrons. The number of imidazole rings is 1. The van der Waals surface area contributed by atoms with Gasteiger partial charge < -0.3 is 14.8 Å². The molecule has 1 amide bonds. The van der Waals surface area contributed by atoms with Crippen molar-refractivity contribution < 1.29 is 9.90 Å². The lowest BCUT2D eigenvalue weighted by Gasteiger charge is -2.20. The molecule has 5 nitrogen and oxygen atoms in total. The van der Waals surface area contributed by atoms with Crippen molar-refractivity contribution in [2.75, 3.05) is 6.54 Å². The molecule has 0 atom stereocenters. The highest BCUT2D eigenvalue weighted by molar-refractivity contribution is 5.77. The van der Waals surface area contributed by atoms with Gasteiger partial charge in [-0.2, -0.15) is 0 Å². The van der Waals surface area contributed by atoms with E-state index in [1.165, 1.54) is 0 Å². The Hall–Kier alpha value is -1.88. The smallest absolute Gasteiger partial charge is 0.222 e. The van der Waals surface area contributed by atoms with Gasteiger partial charge in [0.05, 0.1) is 17.7 Å². The number of carbonyl (C=O) groups excluding carboxylic acids is 1. The van der Waals surface area contributed by atoms with Gasteiger partial charge in [-0.1, -0.05) is 18.9 Å². The Kier molecular flexibility index (Phi) is 4.16. The van der Waals surface area contributed by atoms with E-state index < -0.39 is 5.60 Å². The molecular formula is C17H23N3O2. The SMILES string of the molecule is Cc1cccn2cc(CCNC(=O)CC3(O)CCCC3)nc12. The molecular weight excluding hydrogens is 278 g/mol. The summed E-state index contributed by atoms with van der Waals surface area (Å²) >= 11 is 0. The van der Waals surface area contributed by atoms with Gasteiger partial charge in [-0.3, -0.25) is 4.79 Å². The van der Waals surface area contributed by atoms with Crippen LogP contribution in [0.5, 0.6) is 0 Å². The van der Waals surface area contributed by atoms with Gasteiger partial charge in [0, 0.05) is 25.4 Å². The maximum absolute atomic E-state index is 11.9. The van der Waals surface area contributed by atoms with Gasteiger partial charge in [0.15, 0.2) is 0 Å². The lowest BCUT2D eigenvalue weighted by molar-refractivity contribution is -0.125. The quantitative estimate of drug-likeness (QED) is 0.887. The number of nitrogens with one attached hydrogen (secondary N) is 1. The molecule has 0 aliphatic heterocycles. The van der Waals surface area contributed by atoms with Crippen LogP contribution in [0, 0.1) is 6.92 Å².